The SMILES string of the molecule is CC(C)(C)CCN[C@@H](CC(=O)OC(C)(C)C)C(=O)OC(C)(C)C.CC(C)(C)CCN[C@@H](CCC(=O)OC(C)(C)C)C(=O)OC(C)(C)C.CCOC(=O)[C@H](C)NP(=O)(CCCCCCC(C)(C)C)N[C@@H](C)C(=O)OCC. The summed E-state index contributed by atoms with van der Waals surface area (Å²) in [6.45, 7) is 49.9. The fraction of sp³-hybridized carbons (Fsp3) is 0.895. The van der Waals surface area contributed by atoms with Crippen LogP contribution in [0.1, 0.15) is 237 Å². The molecular weight excluding hydrogens is 980 g/mol. The van der Waals surface area contributed by atoms with Gasteiger partial charge in [0.2, 0.25) is 7.44 Å². The van der Waals surface area contributed by atoms with Gasteiger partial charge in [-0.1, -0.05) is 81.6 Å². The Bertz CT molecular complexity index is 1690. The predicted octanol–water partition coefficient (Wildman–Crippen LogP) is 11.6. The van der Waals surface area contributed by atoms with E-state index >= 15 is 0 Å². The minimum absolute atomic E-state index is 0.0314. The lowest BCUT2D eigenvalue weighted by Crippen LogP contribution is -2.44. The van der Waals surface area contributed by atoms with Crippen molar-refractivity contribution in [3.8, 4) is 0 Å². The van der Waals surface area contributed by atoms with Crippen molar-refractivity contribution in [3.05, 3.63) is 0 Å². The van der Waals surface area contributed by atoms with Gasteiger partial charge >= 0.3 is 35.8 Å². The van der Waals surface area contributed by atoms with Gasteiger partial charge in [-0.2, -0.15) is 0 Å². The molecule has 0 fully saturated rings. The first-order valence-corrected chi connectivity index (χ1v) is 29.4. The number of hydrogen-bond donors (Lipinski definition) is 4. The molecule has 0 aromatic heterocycles. The van der Waals surface area contributed by atoms with Crippen molar-refractivity contribution in [2.45, 2.75) is 284 Å². The maximum atomic E-state index is 13.4. The van der Waals surface area contributed by atoms with Gasteiger partial charge in [-0.25, -0.2) is 10.2 Å². The predicted molar refractivity (Wildman–Crippen MR) is 302 cm³/mol. The van der Waals surface area contributed by atoms with Crippen LogP contribution in [0.25, 0.3) is 0 Å². The molecule has 18 heteroatoms. The van der Waals surface area contributed by atoms with Gasteiger partial charge in [-0.05, 0) is 172 Å². The first-order chi connectivity index (χ1) is 33.6. The molecule has 4 atom stereocenters. The van der Waals surface area contributed by atoms with Gasteiger partial charge in [0.25, 0.3) is 0 Å². The van der Waals surface area contributed by atoms with Crippen molar-refractivity contribution in [2.75, 3.05) is 32.5 Å². The lowest BCUT2D eigenvalue weighted by molar-refractivity contribution is -0.164. The van der Waals surface area contributed by atoms with E-state index < -0.39 is 77.9 Å². The first-order valence-electron chi connectivity index (χ1n) is 27.5. The maximum Gasteiger partial charge on any atom is 0.324 e. The minimum atomic E-state index is -3.17. The summed E-state index contributed by atoms with van der Waals surface area (Å²) in [5.41, 5.74) is -1.57. The van der Waals surface area contributed by atoms with Crippen LogP contribution in [-0.2, 0) is 61.8 Å². The van der Waals surface area contributed by atoms with E-state index in [4.69, 9.17) is 28.4 Å². The van der Waals surface area contributed by atoms with E-state index in [1.807, 2.05) is 62.3 Å². The average molecular weight is 1090 g/mol. The molecule has 0 aliphatic rings. The molecule has 0 aromatic carbocycles. The average Bonchev–Trinajstić information content (AvgIpc) is 3.16. The van der Waals surface area contributed by atoms with Crippen molar-refractivity contribution in [2.24, 2.45) is 16.2 Å². The van der Waals surface area contributed by atoms with Crippen LogP contribution in [0.3, 0.4) is 0 Å². The third-order valence-corrected chi connectivity index (χ3v) is 12.6. The third kappa shape index (κ3) is 49.0. The quantitative estimate of drug-likeness (QED) is 0.0260. The Balaban J connectivity index is -0.00000104. The number of unbranched alkanes of at least 4 members (excludes halogenated alkanes) is 3. The van der Waals surface area contributed by atoms with Gasteiger partial charge in [0, 0.05) is 12.6 Å². The van der Waals surface area contributed by atoms with Gasteiger partial charge in [-0.3, -0.25) is 33.3 Å². The van der Waals surface area contributed by atoms with Crippen LogP contribution in [0.4, 0.5) is 0 Å². The Hall–Kier alpha value is -3.11. The number of hydrogen-bond acceptors (Lipinski definition) is 15. The van der Waals surface area contributed by atoms with E-state index in [2.05, 4.69) is 83.1 Å². The second kappa shape index (κ2) is 34.7. The van der Waals surface area contributed by atoms with E-state index in [-0.39, 0.29) is 48.8 Å². The Kier molecular flexibility index (Phi) is 35.2. The second-order valence-electron chi connectivity index (χ2n) is 27.0. The Morgan fingerprint density at radius 1 is 0.440 bits per heavy atom. The largest absolute Gasteiger partial charge is 0.465 e. The smallest absolute Gasteiger partial charge is 0.324 e. The van der Waals surface area contributed by atoms with E-state index in [9.17, 15) is 33.3 Å². The van der Waals surface area contributed by atoms with Gasteiger partial charge in [0.1, 0.15) is 46.6 Å². The highest BCUT2D eigenvalue weighted by molar-refractivity contribution is 7.59. The second-order valence-corrected chi connectivity index (χ2v) is 29.5. The van der Waals surface area contributed by atoms with Crippen molar-refractivity contribution in [1.82, 2.24) is 20.8 Å². The van der Waals surface area contributed by atoms with Gasteiger partial charge in [0.15, 0.2) is 0 Å². The molecular formula is C57H113N4O13P. The molecule has 0 bridgehead atoms. The van der Waals surface area contributed by atoms with Crippen LogP contribution in [0.2, 0.25) is 0 Å². The summed E-state index contributed by atoms with van der Waals surface area (Å²) in [5.74, 6) is -2.36. The number of esters is 6. The molecule has 0 saturated carbocycles. The number of carbonyl (C=O) groups excluding carboxylic acids is 6. The molecule has 0 spiro atoms. The molecule has 444 valence electrons. The van der Waals surface area contributed by atoms with Gasteiger partial charge in [-0.15, -0.1) is 0 Å². The Morgan fingerprint density at radius 2 is 0.787 bits per heavy atom. The first kappa shape index (κ1) is 76.1. The topological polar surface area (TPSA) is 223 Å². The van der Waals surface area contributed by atoms with Crippen molar-refractivity contribution in [1.29, 1.82) is 0 Å². The molecule has 0 rings (SSSR count). The molecule has 0 heterocycles. The van der Waals surface area contributed by atoms with Crippen LogP contribution < -0.4 is 20.8 Å². The van der Waals surface area contributed by atoms with Crippen molar-refractivity contribution < 1.29 is 61.8 Å². The summed E-state index contributed by atoms with van der Waals surface area (Å²) in [5, 5.41) is 12.1. The zero-order chi connectivity index (χ0) is 59.5. The fourth-order valence-electron chi connectivity index (χ4n) is 6.51. The zero-order valence-corrected chi connectivity index (χ0v) is 53.1. The Morgan fingerprint density at radius 3 is 1.15 bits per heavy atom. The summed E-state index contributed by atoms with van der Waals surface area (Å²) in [6, 6.07) is -2.65. The third-order valence-electron chi connectivity index (χ3n) is 10.00. The monoisotopic (exact) mass is 1090 g/mol. The molecule has 0 aliphatic heterocycles. The van der Waals surface area contributed by atoms with Crippen molar-refractivity contribution in [3.63, 3.8) is 0 Å². The molecule has 0 radical (unpaired) electrons. The van der Waals surface area contributed by atoms with Crippen molar-refractivity contribution >= 4 is 43.3 Å². The highest BCUT2D eigenvalue weighted by atomic mass is 31.2. The number of carbonyl (C=O) groups is 6. The van der Waals surface area contributed by atoms with Crippen LogP contribution in [0, 0.1) is 16.2 Å². The number of ether oxygens (including phenoxy) is 6. The molecule has 0 saturated heterocycles. The molecule has 17 nitrogen and oxygen atoms in total. The van der Waals surface area contributed by atoms with Crippen LogP contribution in [-0.4, -0.2) is 115 Å². The van der Waals surface area contributed by atoms with E-state index in [1.54, 1.807) is 48.5 Å². The minimum Gasteiger partial charge on any atom is -0.465 e. The Labute approximate surface area is 456 Å². The molecule has 0 unspecified atom stereocenters. The summed E-state index contributed by atoms with van der Waals surface area (Å²) < 4.78 is 44.9. The highest BCUT2D eigenvalue weighted by Crippen LogP contribution is 2.39. The molecule has 0 aliphatic carbocycles. The van der Waals surface area contributed by atoms with Crippen LogP contribution in [0.15, 0.2) is 0 Å². The summed E-state index contributed by atoms with van der Waals surface area (Å²) in [4.78, 5) is 72.5. The summed E-state index contributed by atoms with van der Waals surface area (Å²) in [6.07, 6.45) is 7.74. The van der Waals surface area contributed by atoms with E-state index in [0.29, 0.717) is 31.1 Å². The zero-order valence-electron chi connectivity index (χ0n) is 52.2. The molecule has 0 amide bonds. The van der Waals surface area contributed by atoms with E-state index in [0.717, 1.165) is 44.9 Å². The van der Waals surface area contributed by atoms with E-state index in [1.165, 1.54) is 0 Å². The van der Waals surface area contributed by atoms with Gasteiger partial charge < -0.3 is 39.1 Å². The van der Waals surface area contributed by atoms with Gasteiger partial charge in [0.05, 0.1) is 19.6 Å². The molecule has 75 heavy (non-hydrogen) atoms. The summed E-state index contributed by atoms with van der Waals surface area (Å²) >= 11 is 0. The lowest BCUT2D eigenvalue weighted by atomic mass is 9.89. The number of rotatable bonds is 27. The fourth-order valence-corrected chi connectivity index (χ4v) is 8.97. The molecule has 0 aromatic rings. The highest BCUT2D eigenvalue weighted by Gasteiger charge is 2.33. The molecule has 4 N–H and O–H groups in total. The standard InChI is InChI=1S/C20H41N2O5P.C19H37NO4.C18H35NO4/c1-8-26-18(23)16(3)21-28(25,22-17(4)19(24)27-9-2)15-13-11-10-12-14-20(5,6)7;1-17(2,3)12-13-20-14(16(22)24-19(7,8)9)10-11-15(21)23-18(4,5)6;1-16(2,3)10-11-19-13(15(21)23-18(7,8)9)12-14(20)22-17(4,5)6/h16-17H,8-15H2,1-7H3,(H2,21,22,25);14,20H,10-13H2,1-9H3;13,19H,10-12H2,1-9H3/t16-,17-;14-;13-/m000/s1. The summed E-state index contributed by atoms with van der Waals surface area (Å²) in [7, 11) is -3.17. The van der Waals surface area contributed by atoms with Crippen LogP contribution in [0.5, 0.6) is 0 Å². The normalized spacial score (nSPS) is 14.3. The number of nitrogens with one attached hydrogen (secondary N) is 4. The maximum absolute atomic E-state index is 13.4. The van der Waals surface area contributed by atoms with Crippen LogP contribution >= 0.6 is 7.44 Å². The lowest BCUT2D eigenvalue weighted by Gasteiger charge is -2.26.